The summed E-state index contributed by atoms with van der Waals surface area (Å²) in [7, 11) is 11.4. The Labute approximate surface area is 173 Å². The van der Waals surface area contributed by atoms with Crippen LogP contribution in [0.25, 0.3) is 11.0 Å². The molecule has 0 spiro atoms. The average molecular weight is 494 g/mol. The Hall–Kier alpha value is -1.61. The number of furan rings is 1. The van der Waals surface area contributed by atoms with E-state index in [1.165, 1.54) is 19.1 Å². The number of phenolic OH excluding ortho intramolecular Hbond substituents is 3. The molecule has 0 amide bonds. The lowest BCUT2D eigenvalue weighted by molar-refractivity contribution is 0.159. The fourth-order valence-electron chi connectivity index (χ4n) is 2.87. The Bertz CT molecular complexity index is 1040. The third-order valence-electron chi connectivity index (χ3n) is 4.23. The molecule has 0 bridgehead atoms. The molecule has 0 aliphatic heterocycles. The van der Waals surface area contributed by atoms with E-state index in [9.17, 15) is 25.5 Å². The highest BCUT2D eigenvalue weighted by atomic mass is 79.9. The van der Waals surface area contributed by atoms with Gasteiger partial charge in [0.15, 0.2) is 11.3 Å². The van der Waals surface area contributed by atoms with E-state index < -0.39 is 23.7 Å². The van der Waals surface area contributed by atoms with Crippen LogP contribution >= 0.6 is 31.9 Å². The second-order valence-corrected chi connectivity index (χ2v) is 7.73. The molecule has 0 aliphatic rings. The number of halogens is 2. The first-order valence-electron chi connectivity index (χ1n) is 7.65. The van der Waals surface area contributed by atoms with E-state index in [0.717, 1.165) is 0 Å². The summed E-state index contributed by atoms with van der Waals surface area (Å²) in [6.45, 7) is 1.40. The average Bonchev–Trinajstić information content (AvgIpc) is 3.02. The molecule has 2 aromatic carbocycles. The van der Waals surface area contributed by atoms with E-state index in [1.807, 2.05) is 0 Å². The third kappa shape index (κ3) is 3.14. The maximum atomic E-state index is 11.0. The van der Waals surface area contributed by atoms with Crippen molar-refractivity contribution in [3.05, 3.63) is 38.0 Å². The SMILES string of the molecule is [B]c1c([B])c(O)c2c(C(O)c3cc(Br)c(O)c(Br)c3)c(C(C)O)oc2c1O. The summed E-state index contributed by atoms with van der Waals surface area (Å²) in [5, 5.41) is 51.6. The summed E-state index contributed by atoms with van der Waals surface area (Å²) < 4.78 is 6.13. The molecule has 0 saturated carbocycles. The first kappa shape index (κ1) is 20.1. The van der Waals surface area contributed by atoms with E-state index >= 15 is 0 Å². The molecule has 5 N–H and O–H groups in total. The molecule has 1 heterocycles. The number of hydrogen-bond donors (Lipinski definition) is 5. The van der Waals surface area contributed by atoms with Gasteiger partial charge in [0.25, 0.3) is 0 Å². The Morgan fingerprint density at radius 1 is 0.926 bits per heavy atom. The first-order chi connectivity index (χ1) is 12.6. The summed E-state index contributed by atoms with van der Waals surface area (Å²) in [5.41, 5.74) is -0.433. The zero-order valence-corrected chi connectivity index (χ0v) is 17.0. The molecule has 1 aromatic heterocycles. The van der Waals surface area contributed by atoms with Gasteiger partial charge in [0.2, 0.25) is 0 Å². The predicted molar refractivity (Wildman–Crippen MR) is 109 cm³/mol. The Kier molecular flexibility index (Phi) is 5.28. The van der Waals surface area contributed by atoms with Crippen molar-refractivity contribution < 1.29 is 29.9 Å². The van der Waals surface area contributed by atoms with Crippen molar-refractivity contribution in [3.63, 3.8) is 0 Å². The highest BCUT2D eigenvalue weighted by Crippen LogP contribution is 2.44. The maximum absolute atomic E-state index is 11.0. The van der Waals surface area contributed by atoms with Crippen LogP contribution in [0.1, 0.15) is 36.0 Å². The number of aliphatic hydroxyl groups is 2. The van der Waals surface area contributed by atoms with Gasteiger partial charge in [-0.3, -0.25) is 0 Å². The summed E-state index contributed by atoms with van der Waals surface area (Å²) in [6, 6.07) is 2.93. The van der Waals surface area contributed by atoms with Crippen LogP contribution in [0.2, 0.25) is 0 Å². The number of benzene rings is 2. The molecule has 2 unspecified atom stereocenters. The zero-order valence-electron chi connectivity index (χ0n) is 13.9. The van der Waals surface area contributed by atoms with Crippen LogP contribution in [-0.4, -0.2) is 41.2 Å². The highest BCUT2D eigenvalue weighted by molar-refractivity contribution is 9.11. The Morgan fingerprint density at radius 2 is 1.44 bits per heavy atom. The lowest BCUT2D eigenvalue weighted by atomic mass is 9.77. The molecule has 136 valence electrons. The van der Waals surface area contributed by atoms with Crippen LogP contribution < -0.4 is 10.9 Å². The number of phenols is 3. The molecule has 3 aromatic rings. The molecule has 4 radical (unpaired) electrons. The van der Waals surface area contributed by atoms with Crippen molar-refractivity contribution >= 4 is 69.4 Å². The second kappa shape index (κ2) is 7.09. The standard InChI is InChI=1S/C17H12B2Br2O6/c1-4(22)16-8(12(23)5-2-6(20)13(24)7(21)3-5)9-14(25)10(18)11(19)15(26)17(9)27-16/h2-4,12,22-26H,1H3. The van der Waals surface area contributed by atoms with E-state index in [1.54, 1.807) is 0 Å². The molecule has 2 atom stereocenters. The lowest BCUT2D eigenvalue weighted by Crippen LogP contribution is -2.26. The van der Waals surface area contributed by atoms with Gasteiger partial charge >= 0.3 is 0 Å². The van der Waals surface area contributed by atoms with E-state index in [-0.39, 0.29) is 39.0 Å². The van der Waals surface area contributed by atoms with Gasteiger partial charge in [0.05, 0.1) is 14.3 Å². The van der Waals surface area contributed by atoms with Crippen LogP contribution in [0.15, 0.2) is 25.5 Å². The van der Waals surface area contributed by atoms with E-state index in [0.29, 0.717) is 14.5 Å². The lowest BCUT2D eigenvalue weighted by Gasteiger charge is -2.16. The van der Waals surface area contributed by atoms with Gasteiger partial charge in [-0.15, -0.1) is 0 Å². The largest absolute Gasteiger partial charge is 0.508 e. The van der Waals surface area contributed by atoms with Crippen molar-refractivity contribution in [3.8, 4) is 17.2 Å². The maximum Gasteiger partial charge on any atom is 0.179 e. The van der Waals surface area contributed by atoms with Crippen molar-refractivity contribution in [2.24, 2.45) is 0 Å². The molecule has 0 aliphatic carbocycles. The molecular formula is C17H12B2Br2O6. The van der Waals surface area contributed by atoms with E-state index in [4.69, 9.17) is 20.1 Å². The van der Waals surface area contributed by atoms with Gasteiger partial charge in [-0.1, -0.05) is 10.9 Å². The minimum atomic E-state index is -1.39. The first-order valence-corrected chi connectivity index (χ1v) is 9.23. The Balaban J connectivity index is 2.38. The topological polar surface area (TPSA) is 114 Å². The van der Waals surface area contributed by atoms with E-state index in [2.05, 4.69) is 31.9 Å². The van der Waals surface area contributed by atoms with Crippen LogP contribution in [0, 0.1) is 0 Å². The second-order valence-electron chi connectivity index (χ2n) is 6.02. The van der Waals surface area contributed by atoms with Crippen molar-refractivity contribution in [2.45, 2.75) is 19.1 Å². The molecule has 0 fully saturated rings. The van der Waals surface area contributed by atoms with Crippen LogP contribution in [0.5, 0.6) is 17.2 Å². The number of rotatable bonds is 3. The number of fused-ring (bicyclic) bond motifs is 1. The summed E-state index contributed by atoms with van der Waals surface area (Å²) >= 11 is 6.37. The van der Waals surface area contributed by atoms with Gasteiger partial charge in [0, 0.05) is 5.56 Å². The highest BCUT2D eigenvalue weighted by Gasteiger charge is 2.30. The van der Waals surface area contributed by atoms with Gasteiger partial charge in [-0.2, -0.15) is 0 Å². The van der Waals surface area contributed by atoms with Crippen molar-refractivity contribution in [1.82, 2.24) is 0 Å². The zero-order chi connectivity index (χ0) is 20.2. The van der Waals surface area contributed by atoms with Gasteiger partial charge in [-0.25, -0.2) is 0 Å². The smallest absolute Gasteiger partial charge is 0.179 e. The molecule has 6 nitrogen and oxygen atoms in total. The molecule has 3 rings (SSSR count). The minimum absolute atomic E-state index is 0.0176. The quantitative estimate of drug-likeness (QED) is 0.281. The van der Waals surface area contributed by atoms with Crippen LogP contribution in [-0.2, 0) is 0 Å². The van der Waals surface area contributed by atoms with Crippen molar-refractivity contribution in [2.75, 3.05) is 0 Å². The number of aliphatic hydroxyl groups excluding tert-OH is 2. The summed E-state index contributed by atoms with van der Waals surface area (Å²) in [5.74, 6) is -1.12. The van der Waals surface area contributed by atoms with Gasteiger partial charge in [-0.05, 0) is 56.5 Å². The normalized spacial score (nSPS) is 13.8. The van der Waals surface area contributed by atoms with Gasteiger partial charge in [0.1, 0.15) is 45.2 Å². The van der Waals surface area contributed by atoms with Crippen molar-refractivity contribution in [1.29, 1.82) is 0 Å². The fraction of sp³-hybridized carbons (Fsp3) is 0.176. The molecule has 0 saturated heterocycles. The minimum Gasteiger partial charge on any atom is -0.508 e. The fourth-order valence-corrected chi connectivity index (χ4v) is 4.09. The van der Waals surface area contributed by atoms with Crippen LogP contribution in [0.4, 0.5) is 0 Å². The molecular weight excluding hydrogens is 482 g/mol. The monoisotopic (exact) mass is 492 g/mol. The molecule has 10 heteroatoms. The summed E-state index contributed by atoms with van der Waals surface area (Å²) in [6.07, 6.45) is -2.57. The predicted octanol–water partition coefficient (Wildman–Crippen LogP) is 1.80. The number of aromatic hydroxyl groups is 3. The number of hydrogen-bond acceptors (Lipinski definition) is 6. The summed E-state index contributed by atoms with van der Waals surface area (Å²) in [4.78, 5) is 0. The third-order valence-corrected chi connectivity index (χ3v) is 5.44. The van der Waals surface area contributed by atoms with Gasteiger partial charge < -0.3 is 29.9 Å². The van der Waals surface area contributed by atoms with Crippen LogP contribution in [0.3, 0.4) is 0 Å². The Morgan fingerprint density at radius 3 is 1.96 bits per heavy atom. The molecule has 27 heavy (non-hydrogen) atoms.